The third kappa shape index (κ3) is 2.93. The Bertz CT molecular complexity index is 581. The number of aryl methyl sites for hydroxylation is 1. The largest absolute Gasteiger partial charge is 0.0838 e. The number of hydrogen-bond donors (Lipinski definition) is 0. The van der Waals surface area contributed by atoms with E-state index in [0.717, 1.165) is 5.92 Å². The minimum atomic E-state index is 0.496. The van der Waals surface area contributed by atoms with Gasteiger partial charge in [-0.15, -0.1) is 0 Å². The third-order valence-electron chi connectivity index (χ3n) is 4.78. The van der Waals surface area contributed by atoms with E-state index in [-0.39, 0.29) is 0 Å². The van der Waals surface area contributed by atoms with Gasteiger partial charge < -0.3 is 0 Å². The minimum Gasteiger partial charge on any atom is -0.0838 e. The van der Waals surface area contributed by atoms with Crippen molar-refractivity contribution >= 4 is 26.7 Å². The number of rotatable bonds is 3. The van der Waals surface area contributed by atoms with Gasteiger partial charge in [-0.1, -0.05) is 84.4 Å². The molecule has 1 aliphatic carbocycles. The van der Waals surface area contributed by atoms with Crippen LogP contribution in [0.15, 0.2) is 36.4 Å². The number of benzene rings is 2. The van der Waals surface area contributed by atoms with Crippen molar-refractivity contribution in [3.63, 3.8) is 0 Å². The molecule has 2 aromatic rings. The molecule has 1 fully saturated rings. The fraction of sp³-hybridized carbons (Fsp3) is 0.474. The number of fused-ring (bicyclic) bond motifs is 1. The van der Waals surface area contributed by atoms with E-state index in [4.69, 9.17) is 0 Å². The van der Waals surface area contributed by atoms with Crippen molar-refractivity contribution in [2.24, 2.45) is 5.92 Å². The minimum absolute atomic E-state index is 0.496. The van der Waals surface area contributed by atoms with Crippen molar-refractivity contribution in [3.8, 4) is 0 Å². The molecule has 0 radical (unpaired) electrons. The molecule has 1 heteroatoms. The van der Waals surface area contributed by atoms with Crippen molar-refractivity contribution in [1.29, 1.82) is 0 Å². The van der Waals surface area contributed by atoms with Gasteiger partial charge in [0.2, 0.25) is 0 Å². The van der Waals surface area contributed by atoms with Crippen LogP contribution in [0, 0.1) is 12.8 Å². The van der Waals surface area contributed by atoms with Crippen molar-refractivity contribution in [1.82, 2.24) is 0 Å². The Hall–Kier alpha value is -0.820. The van der Waals surface area contributed by atoms with E-state index in [1.807, 2.05) is 0 Å². The topological polar surface area (TPSA) is 0 Å². The molecular weight excluding hydrogens is 308 g/mol. The van der Waals surface area contributed by atoms with Gasteiger partial charge in [0.05, 0.1) is 0 Å². The van der Waals surface area contributed by atoms with Gasteiger partial charge in [-0.2, -0.15) is 0 Å². The van der Waals surface area contributed by atoms with Crippen LogP contribution in [0.2, 0.25) is 0 Å². The number of alkyl halides is 1. The predicted molar refractivity (Wildman–Crippen MR) is 91.5 cm³/mol. The molecule has 0 saturated heterocycles. The van der Waals surface area contributed by atoms with E-state index < -0.39 is 0 Å². The van der Waals surface area contributed by atoms with Crippen LogP contribution < -0.4 is 0 Å². The van der Waals surface area contributed by atoms with Crippen LogP contribution in [0.25, 0.3) is 10.8 Å². The smallest absolute Gasteiger partial charge is 0.0404 e. The van der Waals surface area contributed by atoms with Gasteiger partial charge in [0, 0.05) is 4.83 Å². The van der Waals surface area contributed by atoms with E-state index in [1.165, 1.54) is 60.4 Å². The average Bonchev–Trinajstić information content (AvgIpc) is 2.49. The Balaban J connectivity index is 1.87. The highest BCUT2D eigenvalue weighted by Gasteiger charge is 2.19. The molecule has 0 amide bonds. The molecule has 20 heavy (non-hydrogen) atoms. The maximum Gasteiger partial charge on any atom is 0.0404 e. The summed E-state index contributed by atoms with van der Waals surface area (Å²) in [4.78, 5) is 0.496. The molecule has 2 aromatic carbocycles. The Kier molecular flexibility index (Phi) is 4.45. The van der Waals surface area contributed by atoms with E-state index in [0.29, 0.717) is 4.83 Å². The first-order valence-electron chi connectivity index (χ1n) is 7.88. The van der Waals surface area contributed by atoms with Gasteiger partial charge in [0.1, 0.15) is 0 Å². The van der Waals surface area contributed by atoms with E-state index >= 15 is 0 Å². The normalized spacial score (nSPS) is 18.3. The molecule has 1 aliphatic rings. The highest BCUT2D eigenvalue weighted by Crippen LogP contribution is 2.39. The zero-order valence-electron chi connectivity index (χ0n) is 12.2. The van der Waals surface area contributed by atoms with Crippen LogP contribution in [0.3, 0.4) is 0 Å². The summed E-state index contributed by atoms with van der Waals surface area (Å²) < 4.78 is 0. The van der Waals surface area contributed by atoms with Gasteiger partial charge in [-0.25, -0.2) is 0 Å². The first kappa shape index (κ1) is 14.1. The lowest BCUT2D eigenvalue weighted by atomic mass is 9.84. The Labute approximate surface area is 130 Å². The summed E-state index contributed by atoms with van der Waals surface area (Å²) >= 11 is 3.97. The molecule has 3 rings (SSSR count). The summed E-state index contributed by atoms with van der Waals surface area (Å²) in [6.45, 7) is 2.20. The first-order valence-corrected chi connectivity index (χ1v) is 8.79. The highest BCUT2D eigenvalue weighted by molar-refractivity contribution is 9.09. The van der Waals surface area contributed by atoms with Gasteiger partial charge in [-0.3, -0.25) is 0 Å². The fourth-order valence-corrected chi connectivity index (χ4v) is 4.52. The summed E-state index contributed by atoms with van der Waals surface area (Å²) in [5, 5.41) is 2.82. The second-order valence-electron chi connectivity index (χ2n) is 6.22. The average molecular weight is 331 g/mol. The van der Waals surface area contributed by atoms with E-state index in [9.17, 15) is 0 Å². The maximum atomic E-state index is 3.97. The lowest BCUT2D eigenvalue weighted by Gasteiger charge is -2.24. The van der Waals surface area contributed by atoms with E-state index in [1.54, 1.807) is 0 Å². The zero-order chi connectivity index (χ0) is 13.9. The molecule has 0 spiro atoms. The quantitative estimate of drug-likeness (QED) is 0.559. The van der Waals surface area contributed by atoms with Crippen LogP contribution in [0.1, 0.15) is 54.5 Å². The molecule has 1 atom stereocenters. The summed E-state index contributed by atoms with van der Waals surface area (Å²) in [5.74, 6) is 0.910. The van der Waals surface area contributed by atoms with Crippen molar-refractivity contribution < 1.29 is 0 Å². The van der Waals surface area contributed by atoms with Gasteiger partial charge in [-0.05, 0) is 41.2 Å². The Morgan fingerprint density at radius 2 is 1.70 bits per heavy atom. The molecule has 106 valence electrons. The van der Waals surface area contributed by atoms with Crippen molar-refractivity contribution in [2.45, 2.75) is 50.3 Å². The lowest BCUT2D eigenvalue weighted by Crippen LogP contribution is -2.08. The monoisotopic (exact) mass is 330 g/mol. The van der Waals surface area contributed by atoms with Crippen LogP contribution in [-0.2, 0) is 0 Å². The Morgan fingerprint density at radius 3 is 2.45 bits per heavy atom. The predicted octanol–water partition coefficient (Wildman–Crippen LogP) is 6.55. The molecule has 0 nitrogen and oxygen atoms in total. The zero-order valence-corrected chi connectivity index (χ0v) is 13.8. The molecule has 1 saturated carbocycles. The summed E-state index contributed by atoms with van der Waals surface area (Å²) in [6, 6.07) is 13.4. The molecule has 0 heterocycles. The van der Waals surface area contributed by atoms with Gasteiger partial charge in [0.15, 0.2) is 0 Å². The van der Waals surface area contributed by atoms with Crippen LogP contribution in [0.4, 0.5) is 0 Å². The SMILES string of the molecule is Cc1ccc(C(Br)CC2CCCCC2)c2ccccc12. The molecule has 0 aromatic heterocycles. The lowest BCUT2D eigenvalue weighted by molar-refractivity contribution is 0.339. The molecule has 0 bridgehead atoms. The fourth-order valence-electron chi connectivity index (χ4n) is 3.59. The third-order valence-corrected chi connectivity index (χ3v) is 5.65. The van der Waals surface area contributed by atoms with Crippen molar-refractivity contribution in [2.75, 3.05) is 0 Å². The van der Waals surface area contributed by atoms with Crippen LogP contribution in [-0.4, -0.2) is 0 Å². The van der Waals surface area contributed by atoms with Gasteiger partial charge in [0.25, 0.3) is 0 Å². The maximum absolute atomic E-state index is 3.97. The number of halogens is 1. The highest BCUT2D eigenvalue weighted by atomic mass is 79.9. The molecule has 1 unspecified atom stereocenters. The molecule has 0 N–H and O–H groups in total. The molecular formula is C19H23Br. The van der Waals surface area contributed by atoms with Crippen LogP contribution >= 0.6 is 15.9 Å². The summed E-state index contributed by atoms with van der Waals surface area (Å²) in [5.41, 5.74) is 2.85. The number of hydrogen-bond acceptors (Lipinski definition) is 0. The Morgan fingerprint density at radius 1 is 1.00 bits per heavy atom. The first-order chi connectivity index (χ1) is 9.75. The van der Waals surface area contributed by atoms with E-state index in [2.05, 4.69) is 59.3 Å². The van der Waals surface area contributed by atoms with Crippen LogP contribution in [0.5, 0.6) is 0 Å². The summed E-state index contributed by atoms with van der Waals surface area (Å²) in [6.07, 6.45) is 8.43. The van der Waals surface area contributed by atoms with Crippen molar-refractivity contribution in [3.05, 3.63) is 47.5 Å². The second kappa shape index (κ2) is 6.30. The summed E-state index contributed by atoms with van der Waals surface area (Å²) in [7, 11) is 0. The van der Waals surface area contributed by atoms with Gasteiger partial charge >= 0.3 is 0 Å². The standard InChI is InChI=1S/C19H23Br/c1-14-11-12-18(17-10-6-5-9-16(14)17)19(20)13-15-7-3-2-4-8-15/h5-6,9-12,15,19H,2-4,7-8,13H2,1H3. The molecule has 0 aliphatic heterocycles. The second-order valence-corrected chi connectivity index (χ2v) is 7.33.